The van der Waals surface area contributed by atoms with Crippen LogP contribution in [0.1, 0.15) is 41.5 Å². The van der Waals surface area contributed by atoms with E-state index >= 15 is 0 Å². The second kappa shape index (κ2) is 6.06. The molecule has 3 nitrogen and oxygen atoms in total. The zero-order valence-electron chi connectivity index (χ0n) is 13.1. The average molecular weight is 349 g/mol. The van der Waals surface area contributed by atoms with Crippen molar-refractivity contribution in [3.8, 4) is 0 Å². The van der Waals surface area contributed by atoms with Crippen molar-refractivity contribution in [3.63, 3.8) is 0 Å². The Morgan fingerprint density at radius 1 is 1.24 bits per heavy atom. The molecule has 2 rings (SSSR count). The molecule has 0 bridgehead atoms. The molecule has 1 aromatic carbocycles. The lowest BCUT2D eigenvalue weighted by Crippen LogP contribution is -2.29. The second-order valence-corrected chi connectivity index (χ2v) is 6.61. The van der Waals surface area contributed by atoms with Gasteiger partial charge in [-0.05, 0) is 61.3 Å². The maximum Gasteiger partial charge on any atom is 0.274 e. The fourth-order valence-electron chi connectivity index (χ4n) is 2.51. The molecule has 2 aromatic rings. The van der Waals surface area contributed by atoms with Gasteiger partial charge in [0.2, 0.25) is 0 Å². The summed E-state index contributed by atoms with van der Waals surface area (Å²) in [6.45, 7) is 8.23. The highest BCUT2D eigenvalue weighted by Gasteiger charge is 2.20. The van der Waals surface area contributed by atoms with E-state index in [2.05, 4.69) is 42.8 Å². The van der Waals surface area contributed by atoms with E-state index in [1.54, 1.807) is 4.90 Å². The van der Waals surface area contributed by atoms with E-state index in [-0.39, 0.29) is 11.9 Å². The van der Waals surface area contributed by atoms with Gasteiger partial charge in [-0.3, -0.25) is 4.79 Å². The smallest absolute Gasteiger partial charge is 0.274 e. The molecule has 0 aliphatic heterocycles. The van der Waals surface area contributed by atoms with Crippen LogP contribution in [0.2, 0.25) is 0 Å². The molecule has 4 heteroatoms. The Bertz CT molecular complexity index is 673. The van der Waals surface area contributed by atoms with Crippen molar-refractivity contribution in [2.75, 3.05) is 11.9 Å². The van der Waals surface area contributed by atoms with Gasteiger partial charge in [0.1, 0.15) is 5.69 Å². The number of aromatic nitrogens is 1. The molecule has 112 valence electrons. The quantitative estimate of drug-likeness (QED) is 0.787. The van der Waals surface area contributed by atoms with Gasteiger partial charge in [0, 0.05) is 29.4 Å². The number of carbonyl (C=O) groups is 1. The summed E-state index contributed by atoms with van der Waals surface area (Å²) in [6, 6.07) is 8.24. The van der Waals surface area contributed by atoms with Crippen molar-refractivity contribution in [2.24, 2.45) is 0 Å². The Morgan fingerprint density at radius 2 is 1.90 bits per heavy atom. The molecule has 0 N–H and O–H groups in total. The molecule has 1 amide bonds. The van der Waals surface area contributed by atoms with Gasteiger partial charge in [0.25, 0.3) is 5.91 Å². The molecule has 0 atom stereocenters. The minimum Gasteiger partial charge on any atom is -0.340 e. The average Bonchev–Trinajstić information content (AvgIpc) is 2.79. The van der Waals surface area contributed by atoms with Gasteiger partial charge in [-0.25, -0.2) is 0 Å². The number of aryl methyl sites for hydroxylation is 2. The van der Waals surface area contributed by atoms with Gasteiger partial charge in [-0.1, -0.05) is 17.7 Å². The van der Waals surface area contributed by atoms with E-state index < -0.39 is 0 Å². The third kappa shape index (κ3) is 3.21. The first kappa shape index (κ1) is 15.8. The first-order valence-electron chi connectivity index (χ1n) is 7.04. The lowest BCUT2D eigenvalue weighted by atomic mass is 10.1. The first-order chi connectivity index (χ1) is 9.81. The molecule has 0 spiro atoms. The molecule has 0 aliphatic carbocycles. The van der Waals surface area contributed by atoms with Gasteiger partial charge >= 0.3 is 0 Å². The summed E-state index contributed by atoms with van der Waals surface area (Å²) in [7, 11) is 1.82. The van der Waals surface area contributed by atoms with E-state index in [0.29, 0.717) is 5.69 Å². The molecule has 1 aromatic heterocycles. The third-order valence-corrected chi connectivity index (χ3v) is 4.04. The summed E-state index contributed by atoms with van der Waals surface area (Å²) in [5.41, 5.74) is 3.94. The fourth-order valence-corrected chi connectivity index (χ4v) is 2.94. The maximum atomic E-state index is 12.8. The van der Waals surface area contributed by atoms with E-state index in [1.807, 2.05) is 42.9 Å². The summed E-state index contributed by atoms with van der Waals surface area (Å²) in [6.07, 6.45) is 1.95. The Balaban J connectivity index is 2.39. The summed E-state index contributed by atoms with van der Waals surface area (Å²) in [5.74, 6) is 0.00125. The Kier molecular flexibility index (Phi) is 4.57. The highest BCUT2D eigenvalue weighted by Crippen LogP contribution is 2.25. The van der Waals surface area contributed by atoms with Crippen LogP contribution in [0.25, 0.3) is 0 Å². The van der Waals surface area contributed by atoms with E-state index in [4.69, 9.17) is 0 Å². The van der Waals surface area contributed by atoms with Crippen LogP contribution in [-0.4, -0.2) is 17.5 Å². The zero-order valence-corrected chi connectivity index (χ0v) is 14.7. The van der Waals surface area contributed by atoms with Crippen LogP contribution in [0.5, 0.6) is 0 Å². The van der Waals surface area contributed by atoms with Crippen LogP contribution in [-0.2, 0) is 0 Å². The molecule has 0 fully saturated rings. The number of nitrogens with zero attached hydrogens (tertiary/aromatic N) is 2. The van der Waals surface area contributed by atoms with Gasteiger partial charge in [0.15, 0.2) is 0 Å². The van der Waals surface area contributed by atoms with Gasteiger partial charge in [-0.2, -0.15) is 0 Å². The zero-order chi connectivity index (χ0) is 15.7. The monoisotopic (exact) mass is 348 g/mol. The van der Waals surface area contributed by atoms with Gasteiger partial charge < -0.3 is 9.47 Å². The standard InChI is InChI=1S/C17H21BrN2O/c1-11(2)20-10-14(18)9-16(20)17(21)19(5)15-7-6-12(3)8-13(15)4/h6-11H,1-5H3. The number of anilines is 1. The lowest BCUT2D eigenvalue weighted by molar-refractivity contribution is 0.0982. The normalized spacial score (nSPS) is 11.0. The Morgan fingerprint density at radius 3 is 2.48 bits per heavy atom. The molecule has 0 unspecified atom stereocenters. The van der Waals surface area contributed by atoms with E-state index in [1.165, 1.54) is 5.56 Å². The number of hydrogen-bond donors (Lipinski definition) is 0. The van der Waals surface area contributed by atoms with Gasteiger partial charge in [-0.15, -0.1) is 0 Å². The van der Waals surface area contributed by atoms with Crippen molar-refractivity contribution < 1.29 is 4.79 Å². The van der Waals surface area contributed by atoms with Crippen molar-refractivity contribution >= 4 is 27.5 Å². The van der Waals surface area contributed by atoms with Crippen molar-refractivity contribution in [2.45, 2.75) is 33.7 Å². The highest BCUT2D eigenvalue weighted by atomic mass is 79.9. The summed E-state index contributed by atoms with van der Waals surface area (Å²) >= 11 is 3.46. The van der Waals surface area contributed by atoms with Crippen LogP contribution >= 0.6 is 15.9 Å². The summed E-state index contributed by atoms with van der Waals surface area (Å²) in [5, 5.41) is 0. The van der Waals surface area contributed by atoms with Crippen LogP contribution < -0.4 is 4.90 Å². The number of halogens is 1. The minimum absolute atomic E-state index is 0.00125. The topological polar surface area (TPSA) is 25.2 Å². The van der Waals surface area contributed by atoms with Crippen molar-refractivity contribution in [3.05, 3.63) is 51.8 Å². The van der Waals surface area contributed by atoms with E-state index in [9.17, 15) is 4.79 Å². The molecular formula is C17H21BrN2O. The number of benzene rings is 1. The predicted molar refractivity (Wildman–Crippen MR) is 91.2 cm³/mol. The molecule has 0 saturated carbocycles. The third-order valence-electron chi connectivity index (χ3n) is 3.61. The number of amides is 1. The van der Waals surface area contributed by atoms with Crippen molar-refractivity contribution in [1.82, 2.24) is 4.57 Å². The highest BCUT2D eigenvalue weighted by molar-refractivity contribution is 9.10. The van der Waals surface area contributed by atoms with E-state index in [0.717, 1.165) is 15.7 Å². The number of rotatable bonds is 3. The van der Waals surface area contributed by atoms with Crippen LogP contribution in [0, 0.1) is 13.8 Å². The number of carbonyl (C=O) groups excluding carboxylic acids is 1. The summed E-state index contributed by atoms with van der Waals surface area (Å²) < 4.78 is 2.92. The molecular weight excluding hydrogens is 328 g/mol. The first-order valence-corrected chi connectivity index (χ1v) is 7.83. The maximum absolute atomic E-state index is 12.8. The molecule has 0 radical (unpaired) electrons. The fraction of sp³-hybridized carbons (Fsp3) is 0.353. The largest absolute Gasteiger partial charge is 0.340 e. The summed E-state index contributed by atoms with van der Waals surface area (Å²) in [4.78, 5) is 14.5. The molecule has 0 aliphatic rings. The molecule has 0 saturated heterocycles. The second-order valence-electron chi connectivity index (χ2n) is 5.70. The van der Waals surface area contributed by atoms with Crippen LogP contribution in [0.4, 0.5) is 5.69 Å². The van der Waals surface area contributed by atoms with Crippen LogP contribution in [0.15, 0.2) is 34.9 Å². The molecule has 1 heterocycles. The van der Waals surface area contributed by atoms with Crippen molar-refractivity contribution in [1.29, 1.82) is 0 Å². The predicted octanol–water partition coefficient (Wildman–Crippen LogP) is 4.72. The SMILES string of the molecule is Cc1ccc(N(C)C(=O)c2cc(Br)cn2C(C)C)c(C)c1. The van der Waals surface area contributed by atoms with Gasteiger partial charge in [0.05, 0.1) is 0 Å². The Labute approximate surface area is 134 Å². The lowest BCUT2D eigenvalue weighted by Gasteiger charge is -2.21. The molecule has 21 heavy (non-hydrogen) atoms. The number of hydrogen-bond acceptors (Lipinski definition) is 1. The minimum atomic E-state index is 0.00125. The van der Waals surface area contributed by atoms with Crippen LogP contribution in [0.3, 0.4) is 0 Å². The Hall–Kier alpha value is -1.55.